The number of rotatable bonds is 8. The molecule has 3 atom stereocenters. The van der Waals surface area contributed by atoms with Gasteiger partial charge in [-0.15, -0.1) is 0 Å². The monoisotopic (exact) mass is 521 g/mol. The summed E-state index contributed by atoms with van der Waals surface area (Å²) in [6, 6.07) is 16.6. The van der Waals surface area contributed by atoms with Gasteiger partial charge in [-0.1, -0.05) is 18.2 Å². The molecule has 0 unspecified atom stereocenters. The molecule has 192 valence electrons. The molecule has 0 radical (unpaired) electrons. The number of nitrogens with one attached hydrogen (secondary N) is 2. The van der Waals surface area contributed by atoms with Crippen LogP contribution in [0.3, 0.4) is 0 Å². The molecule has 5 rings (SSSR count). The smallest absolute Gasteiger partial charge is 0.311 e. The van der Waals surface area contributed by atoms with Crippen LogP contribution in [0.4, 0.5) is 17.1 Å². The lowest BCUT2D eigenvalue weighted by molar-refractivity contribution is -0.385. The van der Waals surface area contributed by atoms with Gasteiger partial charge in [0.05, 0.1) is 29.6 Å². The lowest BCUT2D eigenvalue weighted by atomic mass is 9.77. The molecule has 37 heavy (non-hydrogen) atoms. The molecular weight excluding hydrogens is 494 g/mol. The molecule has 1 heterocycles. The Morgan fingerprint density at radius 1 is 1.11 bits per heavy atom. The summed E-state index contributed by atoms with van der Waals surface area (Å²) >= 11 is 0. The summed E-state index contributed by atoms with van der Waals surface area (Å²) in [4.78, 5) is 11.3. The maximum absolute atomic E-state index is 13.2. The minimum atomic E-state index is -3.82. The summed E-state index contributed by atoms with van der Waals surface area (Å²) in [6.45, 7) is 2.41. The molecule has 3 aromatic rings. The quantitative estimate of drug-likeness (QED) is 0.224. The largest absolute Gasteiger partial charge is 0.494 e. The van der Waals surface area contributed by atoms with Crippen molar-refractivity contribution in [3.05, 3.63) is 94.1 Å². The summed E-state index contributed by atoms with van der Waals surface area (Å²) in [7, 11) is -2.41. The number of nitro groups is 1. The van der Waals surface area contributed by atoms with Crippen LogP contribution in [0.5, 0.6) is 11.5 Å². The molecule has 0 bridgehead atoms. The highest BCUT2D eigenvalue weighted by atomic mass is 32.2. The van der Waals surface area contributed by atoms with Crippen LogP contribution in [0, 0.1) is 16.0 Å². The molecule has 2 aliphatic rings. The average molecular weight is 522 g/mol. The highest BCUT2D eigenvalue weighted by molar-refractivity contribution is 7.92. The van der Waals surface area contributed by atoms with E-state index in [0.717, 1.165) is 23.2 Å². The van der Waals surface area contributed by atoms with Gasteiger partial charge >= 0.3 is 5.69 Å². The maximum atomic E-state index is 13.2. The van der Waals surface area contributed by atoms with Crippen LogP contribution in [0.2, 0.25) is 0 Å². The van der Waals surface area contributed by atoms with Crippen molar-refractivity contribution in [1.29, 1.82) is 0 Å². The molecule has 0 saturated carbocycles. The van der Waals surface area contributed by atoms with E-state index < -0.39 is 14.9 Å². The molecule has 2 N–H and O–H groups in total. The Hall–Kier alpha value is -4.05. The van der Waals surface area contributed by atoms with Gasteiger partial charge < -0.3 is 14.8 Å². The lowest BCUT2D eigenvalue weighted by Crippen LogP contribution is -2.29. The Kier molecular flexibility index (Phi) is 6.51. The van der Waals surface area contributed by atoms with Gasteiger partial charge in [-0.2, -0.15) is 0 Å². The number of nitro benzene ring substituents is 1. The first-order valence-electron chi connectivity index (χ1n) is 12.0. The highest BCUT2D eigenvalue weighted by Gasteiger charge is 2.39. The van der Waals surface area contributed by atoms with Crippen LogP contribution < -0.4 is 19.5 Å². The molecule has 9 nitrogen and oxygen atoms in total. The zero-order valence-corrected chi connectivity index (χ0v) is 21.2. The predicted molar refractivity (Wildman–Crippen MR) is 141 cm³/mol. The van der Waals surface area contributed by atoms with E-state index in [9.17, 15) is 18.5 Å². The SMILES string of the molecule is CCOc1ccc(NS(=O)(=O)c2ccc3c(c2)[C@H]2C=CC[C@H]2[C@@H](c2ccc(OC)c([N+](=O)[O-])c2)N3)cc1. The van der Waals surface area contributed by atoms with Gasteiger partial charge in [0.1, 0.15) is 5.75 Å². The molecule has 0 amide bonds. The normalized spacial score (nSPS) is 19.9. The van der Waals surface area contributed by atoms with E-state index in [1.165, 1.54) is 7.11 Å². The number of allylic oxidation sites excluding steroid dienone is 2. The highest BCUT2D eigenvalue weighted by Crippen LogP contribution is 2.51. The molecule has 0 spiro atoms. The summed E-state index contributed by atoms with van der Waals surface area (Å²) in [5.74, 6) is 0.933. The first kappa shape index (κ1) is 24.6. The van der Waals surface area contributed by atoms with Gasteiger partial charge in [0, 0.05) is 23.4 Å². The second kappa shape index (κ2) is 9.78. The number of ether oxygens (including phenoxy) is 2. The number of nitrogens with zero attached hydrogens (tertiary/aromatic N) is 1. The van der Waals surface area contributed by atoms with Crippen LogP contribution in [-0.4, -0.2) is 27.1 Å². The second-order valence-corrected chi connectivity index (χ2v) is 10.7. The fourth-order valence-corrected chi connectivity index (χ4v) is 6.21. The zero-order chi connectivity index (χ0) is 26.2. The van der Waals surface area contributed by atoms with E-state index in [4.69, 9.17) is 9.47 Å². The van der Waals surface area contributed by atoms with E-state index in [0.29, 0.717) is 18.0 Å². The number of methoxy groups -OCH3 is 1. The number of benzene rings is 3. The minimum absolute atomic E-state index is 0.0250. The summed E-state index contributed by atoms with van der Waals surface area (Å²) in [6.07, 6.45) is 4.94. The number of hydrogen-bond donors (Lipinski definition) is 2. The molecule has 3 aromatic carbocycles. The molecule has 0 saturated heterocycles. The van der Waals surface area contributed by atoms with E-state index in [-0.39, 0.29) is 34.2 Å². The summed E-state index contributed by atoms with van der Waals surface area (Å²) in [5.41, 5.74) is 2.82. The third-order valence-corrected chi connectivity index (χ3v) is 8.20. The Labute approximate surface area is 215 Å². The van der Waals surface area contributed by atoms with Crippen molar-refractivity contribution in [2.24, 2.45) is 5.92 Å². The molecule has 0 fully saturated rings. The van der Waals surface area contributed by atoms with Crippen LogP contribution >= 0.6 is 0 Å². The van der Waals surface area contributed by atoms with Gasteiger partial charge in [0.25, 0.3) is 10.0 Å². The Balaban J connectivity index is 1.44. The average Bonchev–Trinajstić information content (AvgIpc) is 3.39. The van der Waals surface area contributed by atoms with Gasteiger partial charge in [-0.3, -0.25) is 14.8 Å². The molecule has 10 heteroatoms. The van der Waals surface area contributed by atoms with Crippen molar-refractivity contribution in [2.75, 3.05) is 23.8 Å². The number of anilines is 2. The molecule has 1 aliphatic carbocycles. The topological polar surface area (TPSA) is 120 Å². The molecule has 1 aliphatic heterocycles. The van der Waals surface area contributed by atoms with Crippen molar-refractivity contribution in [2.45, 2.75) is 30.2 Å². The Morgan fingerprint density at radius 3 is 2.59 bits per heavy atom. The number of sulfonamides is 1. The van der Waals surface area contributed by atoms with Crippen LogP contribution in [0.1, 0.15) is 36.4 Å². The van der Waals surface area contributed by atoms with E-state index >= 15 is 0 Å². The van der Waals surface area contributed by atoms with Crippen molar-refractivity contribution >= 4 is 27.1 Å². The fourth-order valence-electron chi connectivity index (χ4n) is 5.11. The summed E-state index contributed by atoms with van der Waals surface area (Å²) in [5, 5.41) is 15.1. The second-order valence-electron chi connectivity index (χ2n) is 8.98. The fraction of sp³-hybridized carbons (Fsp3) is 0.259. The predicted octanol–water partition coefficient (Wildman–Crippen LogP) is 5.63. The van der Waals surface area contributed by atoms with E-state index in [2.05, 4.69) is 22.2 Å². The lowest BCUT2D eigenvalue weighted by Gasteiger charge is -2.37. The van der Waals surface area contributed by atoms with E-state index in [1.54, 1.807) is 54.6 Å². The first-order chi connectivity index (χ1) is 17.8. The van der Waals surface area contributed by atoms with Crippen LogP contribution in [0.15, 0.2) is 77.7 Å². The third kappa shape index (κ3) is 4.72. The van der Waals surface area contributed by atoms with Crippen molar-refractivity contribution < 1.29 is 22.8 Å². The minimum Gasteiger partial charge on any atom is -0.494 e. The first-order valence-corrected chi connectivity index (χ1v) is 13.4. The third-order valence-electron chi connectivity index (χ3n) is 6.82. The van der Waals surface area contributed by atoms with Gasteiger partial charge in [-0.25, -0.2) is 8.42 Å². The maximum Gasteiger partial charge on any atom is 0.311 e. The molecule has 0 aromatic heterocycles. The summed E-state index contributed by atoms with van der Waals surface area (Å²) < 4.78 is 39.6. The van der Waals surface area contributed by atoms with Gasteiger partial charge in [-0.05, 0) is 78.9 Å². The Bertz CT molecular complexity index is 1470. The van der Waals surface area contributed by atoms with Crippen molar-refractivity contribution in [3.8, 4) is 11.5 Å². The van der Waals surface area contributed by atoms with Crippen LogP contribution in [0.25, 0.3) is 0 Å². The van der Waals surface area contributed by atoms with Crippen molar-refractivity contribution in [1.82, 2.24) is 0 Å². The molecular formula is C27H27N3O6S. The van der Waals surface area contributed by atoms with Crippen LogP contribution in [-0.2, 0) is 10.0 Å². The number of hydrogen-bond acceptors (Lipinski definition) is 7. The van der Waals surface area contributed by atoms with Gasteiger partial charge in [0.2, 0.25) is 0 Å². The zero-order valence-electron chi connectivity index (χ0n) is 20.4. The van der Waals surface area contributed by atoms with Gasteiger partial charge in [0.15, 0.2) is 5.75 Å². The van der Waals surface area contributed by atoms with E-state index in [1.807, 2.05) is 13.0 Å². The van der Waals surface area contributed by atoms with Crippen molar-refractivity contribution in [3.63, 3.8) is 0 Å². The standard InChI is InChI=1S/C27H27N3O6S/c1-3-36-19-10-8-18(9-11-19)29-37(33,34)20-12-13-24-23(16-20)21-5-4-6-22(21)27(28-24)17-7-14-26(35-2)25(15-17)30(31)32/h4-5,7-16,21-22,27-29H,3,6H2,1-2H3/t21-,22+,27+/m0/s1. The number of fused-ring (bicyclic) bond motifs is 3. The Morgan fingerprint density at radius 2 is 1.89 bits per heavy atom.